The van der Waals surface area contributed by atoms with Gasteiger partial charge >= 0.3 is 11.9 Å². The Kier molecular flexibility index (Phi) is 3.70. The molecule has 1 saturated heterocycles. The first-order chi connectivity index (χ1) is 7.39. The number of carbonyl (C=O) groups is 2. The van der Waals surface area contributed by atoms with Crippen LogP contribution in [0.5, 0.6) is 0 Å². The minimum atomic E-state index is -1.75. The van der Waals surface area contributed by atoms with Gasteiger partial charge in [-0.15, -0.1) is 0 Å². The molecule has 0 aromatic carbocycles. The van der Waals surface area contributed by atoms with E-state index >= 15 is 0 Å². The van der Waals surface area contributed by atoms with Gasteiger partial charge in [-0.2, -0.15) is 0 Å². The Morgan fingerprint density at radius 2 is 2.38 bits per heavy atom. The summed E-state index contributed by atoms with van der Waals surface area (Å²) in [5, 5.41) is 9.94. The zero-order chi connectivity index (χ0) is 12.3. The predicted molar refractivity (Wildman–Crippen MR) is 55.5 cm³/mol. The highest BCUT2D eigenvalue weighted by Crippen LogP contribution is 2.30. The van der Waals surface area contributed by atoms with E-state index in [0.29, 0.717) is 6.42 Å². The fourth-order valence-electron chi connectivity index (χ4n) is 1.59. The van der Waals surface area contributed by atoms with E-state index in [1.54, 1.807) is 6.92 Å². The van der Waals surface area contributed by atoms with Crippen molar-refractivity contribution in [1.29, 1.82) is 0 Å². The van der Waals surface area contributed by atoms with Crippen LogP contribution in [-0.4, -0.2) is 35.9 Å². The van der Waals surface area contributed by atoms with Crippen LogP contribution in [0, 0.1) is 0 Å². The second kappa shape index (κ2) is 4.65. The standard InChI is InChI=1S/C11H16O5/c1-7(2)8-4-5-11(14,10(13)16-8)6-9(12)15-3/h8,14H,1,4-6H2,2-3H3/t8?,11-/m1/s1. The number of ether oxygens (including phenoxy) is 2. The Labute approximate surface area is 94.0 Å². The fourth-order valence-corrected chi connectivity index (χ4v) is 1.59. The maximum Gasteiger partial charge on any atom is 0.339 e. The maximum absolute atomic E-state index is 11.6. The lowest BCUT2D eigenvalue weighted by Gasteiger charge is -2.33. The van der Waals surface area contributed by atoms with E-state index in [1.165, 1.54) is 7.11 Å². The monoisotopic (exact) mass is 228 g/mol. The second-order valence-electron chi connectivity index (χ2n) is 4.06. The molecule has 5 nitrogen and oxygen atoms in total. The average Bonchev–Trinajstić information content (AvgIpc) is 2.21. The van der Waals surface area contributed by atoms with Crippen molar-refractivity contribution >= 4 is 11.9 Å². The van der Waals surface area contributed by atoms with Gasteiger partial charge < -0.3 is 14.6 Å². The average molecular weight is 228 g/mol. The molecule has 16 heavy (non-hydrogen) atoms. The number of rotatable bonds is 3. The quantitative estimate of drug-likeness (QED) is 0.564. The van der Waals surface area contributed by atoms with Gasteiger partial charge in [-0.3, -0.25) is 4.79 Å². The number of aliphatic hydroxyl groups is 1. The molecule has 1 aliphatic rings. The van der Waals surface area contributed by atoms with E-state index in [-0.39, 0.29) is 18.9 Å². The lowest BCUT2D eigenvalue weighted by atomic mass is 9.88. The third-order valence-electron chi connectivity index (χ3n) is 2.66. The zero-order valence-corrected chi connectivity index (χ0v) is 9.49. The number of carbonyl (C=O) groups excluding carboxylic acids is 2. The van der Waals surface area contributed by atoms with Gasteiger partial charge in [0.1, 0.15) is 6.10 Å². The highest BCUT2D eigenvalue weighted by atomic mass is 16.6. The van der Waals surface area contributed by atoms with Crippen LogP contribution in [0.3, 0.4) is 0 Å². The van der Waals surface area contributed by atoms with Crippen molar-refractivity contribution in [3.05, 3.63) is 12.2 Å². The Hall–Kier alpha value is -1.36. The third-order valence-corrected chi connectivity index (χ3v) is 2.66. The molecule has 1 heterocycles. The van der Waals surface area contributed by atoms with Crippen LogP contribution >= 0.6 is 0 Å². The van der Waals surface area contributed by atoms with E-state index in [2.05, 4.69) is 11.3 Å². The predicted octanol–water partition coefficient (Wildman–Crippen LogP) is 0.562. The molecule has 2 atom stereocenters. The Bertz CT molecular complexity index is 322. The van der Waals surface area contributed by atoms with Gasteiger partial charge in [0.05, 0.1) is 13.5 Å². The van der Waals surface area contributed by atoms with Crippen LogP contribution in [-0.2, 0) is 19.1 Å². The SMILES string of the molecule is C=C(C)C1CC[C@@](O)(CC(=O)OC)C(=O)O1. The van der Waals surface area contributed by atoms with Crippen molar-refractivity contribution in [2.45, 2.75) is 37.9 Å². The van der Waals surface area contributed by atoms with Crippen molar-refractivity contribution in [2.75, 3.05) is 7.11 Å². The normalized spacial score (nSPS) is 29.4. The molecule has 0 radical (unpaired) electrons. The molecule has 0 saturated carbocycles. The minimum absolute atomic E-state index is 0.179. The van der Waals surface area contributed by atoms with Gasteiger partial charge in [0, 0.05) is 0 Å². The molecule has 1 fully saturated rings. The zero-order valence-electron chi connectivity index (χ0n) is 9.49. The number of cyclic esters (lactones) is 1. The molecule has 0 aliphatic carbocycles. The first kappa shape index (κ1) is 12.7. The van der Waals surface area contributed by atoms with E-state index in [9.17, 15) is 14.7 Å². The smallest absolute Gasteiger partial charge is 0.339 e. The molecule has 0 aromatic heterocycles. The van der Waals surface area contributed by atoms with Crippen molar-refractivity contribution in [1.82, 2.24) is 0 Å². The summed E-state index contributed by atoms with van der Waals surface area (Å²) < 4.78 is 9.43. The van der Waals surface area contributed by atoms with E-state index in [1.807, 2.05) is 0 Å². The van der Waals surface area contributed by atoms with Crippen molar-refractivity contribution in [3.63, 3.8) is 0 Å². The van der Waals surface area contributed by atoms with Gasteiger partial charge in [-0.25, -0.2) is 4.79 Å². The molecule has 1 N–H and O–H groups in total. The van der Waals surface area contributed by atoms with Crippen LogP contribution in [0.15, 0.2) is 12.2 Å². The van der Waals surface area contributed by atoms with Crippen molar-refractivity contribution < 1.29 is 24.2 Å². The van der Waals surface area contributed by atoms with Crippen molar-refractivity contribution in [2.24, 2.45) is 0 Å². The summed E-state index contributed by atoms with van der Waals surface area (Å²) in [4.78, 5) is 22.6. The summed E-state index contributed by atoms with van der Waals surface area (Å²) >= 11 is 0. The number of methoxy groups -OCH3 is 1. The molecular weight excluding hydrogens is 212 g/mol. The topological polar surface area (TPSA) is 72.8 Å². The third kappa shape index (κ3) is 2.61. The molecule has 0 bridgehead atoms. The lowest BCUT2D eigenvalue weighted by molar-refractivity contribution is -0.184. The Morgan fingerprint density at radius 1 is 1.75 bits per heavy atom. The molecule has 1 aliphatic heterocycles. The van der Waals surface area contributed by atoms with Gasteiger partial charge in [0.2, 0.25) is 0 Å². The van der Waals surface area contributed by atoms with E-state index in [4.69, 9.17) is 4.74 Å². The summed E-state index contributed by atoms with van der Waals surface area (Å²) in [5.41, 5.74) is -1.02. The lowest BCUT2D eigenvalue weighted by Crippen LogP contribution is -2.48. The maximum atomic E-state index is 11.6. The largest absolute Gasteiger partial charge is 0.469 e. The highest BCUT2D eigenvalue weighted by molar-refractivity contribution is 5.86. The summed E-state index contributed by atoms with van der Waals surface area (Å²) in [6.45, 7) is 5.44. The molecule has 0 aromatic rings. The second-order valence-corrected chi connectivity index (χ2v) is 4.06. The number of hydrogen-bond acceptors (Lipinski definition) is 5. The first-order valence-electron chi connectivity index (χ1n) is 5.05. The van der Waals surface area contributed by atoms with Crippen LogP contribution in [0.1, 0.15) is 26.2 Å². The minimum Gasteiger partial charge on any atom is -0.469 e. The molecule has 0 spiro atoms. The summed E-state index contributed by atoms with van der Waals surface area (Å²) in [6, 6.07) is 0. The Balaban J connectivity index is 2.68. The summed E-state index contributed by atoms with van der Waals surface area (Å²) in [6.07, 6.45) is -0.0939. The van der Waals surface area contributed by atoms with Gasteiger partial charge in [0.15, 0.2) is 5.60 Å². The fraction of sp³-hybridized carbons (Fsp3) is 0.636. The molecule has 90 valence electrons. The molecule has 1 rings (SSSR count). The molecule has 1 unspecified atom stereocenters. The van der Waals surface area contributed by atoms with Crippen LogP contribution in [0.2, 0.25) is 0 Å². The van der Waals surface area contributed by atoms with Crippen molar-refractivity contribution in [3.8, 4) is 0 Å². The van der Waals surface area contributed by atoms with Gasteiger partial charge in [-0.05, 0) is 25.3 Å². The first-order valence-corrected chi connectivity index (χ1v) is 5.05. The molecule has 0 amide bonds. The number of esters is 2. The van der Waals surface area contributed by atoms with Gasteiger partial charge in [-0.1, -0.05) is 6.58 Å². The Morgan fingerprint density at radius 3 is 2.81 bits per heavy atom. The highest BCUT2D eigenvalue weighted by Gasteiger charge is 2.45. The van der Waals surface area contributed by atoms with Gasteiger partial charge in [0.25, 0.3) is 0 Å². The van der Waals surface area contributed by atoms with Crippen LogP contribution in [0.4, 0.5) is 0 Å². The molecular formula is C11H16O5. The summed E-state index contributed by atoms with van der Waals surface area (Å²) in [7, 11) is 1.20. The van der Waals surface area contributed by atoms with Crippen LogP contribution in [0.25, 0.3) is 0 Å². The van der Waals surface area contributed by atoms with Crippen LogP contribution < -0.4 is 0 Å². The summed E-state index contributed by atoms with van der Waals surface area (Å²) in [5.74, 6) is -1.41. The van der Waals surface area contributed by atoms with E-state index < -0.39 is 17.5 Å². The number of hydrogen-bond donors (Lipinski definition) is 1. The van der Waals surface area contributed by atoms with E-state index in [0.717, 1.165) is 5.57 Å². The molecule has 5 heteroatoms.